The zero-order chi connectivity index (χ0) is 17.8. The van der Waals surface area contributed by atoms with E-state index in [1.165, 1.54) is 0 Å². The first-order valence-corrected chi connectivity index (χ1v) is 9.40. The summed E-state index contributed by atoms with van der Waals surface area (Å²) in [6.07, 6.45) is 1.09. The Morgan fingerprint density at radius 3 is 2.80 bits per heavy atom. The molecule has 1 aromatic carbocycles. The van der Waals surface area contributed by atoms with Crippen molar-refractivity contribution < 1.29 is 19.4 Å². The van der Waals surface area contributed by atoms with Crippen molar-refractivity contribution in [1.82, 2.24) is 4.90 Å². The third-order valence-corrected chi connectivity index (χ3v) is 5.42. The molecule has 2 fully saturated rings. The van der Waals surface area contributed by atoms with Gasteiger partial charge in [-0.3, -0.25) is 4.79 Å². The molecule has 1 saturated carbocycles. The molecule has 5 nitrogen and oxygen atoms in total. The second kappa shape index (κ2) is 8.39. The summed E-state index contributed by atoms with van der Waals surface area (Å²) in [5.41, 5.74) is 0. The summed E-state index contributed by atoms with van der Waals surface area (Å²) in [6, 6.07) is 7.25. The monoisotopic (exact) mass is 367 g/mol. The van der Waals surface area contributed by atoms with Gasteiger partial charge in [-0.2, -0.15) is 0 Å². The fourth-order valence-electron chi connectivity index (χ4n) is 3.90. The number of likely N-dealkylation sites (tertiary alicyclic amines) is 1. The van der Waals surface area contributed by atoms with Crippen LogP contribution in [0.25, 0.3) is 0 Å². The number of nitrogens with zero attached hydrogens (tertiary/aromatic N) is 1. The lowest BCUT2D eigenvalue weighted by atomic mass is 9.78. The molecule has 1 N–H and O–H groups in total. The van der Waals surface area contributed by atoms with Gasteiger partial charge in [0.1, 0.15) is 11.9 Å². The second-order valence-electron chi connectivity index (χ2n) is 6.92. The molecule has 1 heterocycles. The number of carbonyl (C=O) groups is 1. The molecule has 0 radical (unpaired) electrons. The number of rotatable bonds is 6. The highest BCUT2D eigenvalue weighted by Crippen LogP contribution is 2.38. The van der Waals surface area contributed by atoms with E-state index in [4.69, 9.17) is 21.1 Å². The van der Waals surface area contributed by atoms with E-state index in [1.807, 2.05) is 24.0 Å². The van der Waals surface area contributed by atoms with E-state index in [-0.39, 0.29) is 12.0 Å². The van der Waals surface area contributed by atoms with Gasteiger partial charge in [-0.25, -0.2) is 0 Å². The van der Waals surface area contributed by atoms with Crippen molar-refractivity contribution in [1.29, 1.82) is 0 Å². The smallest absolute Gasteiger partial charge is 0.224 e. The van der Waals surface area contributed by atoms with E-state index in [2.05, 4.69) is 0 Å². The molecule has 0 aromatic heterocycles. The number of fused-ring (bicyclic) bond motifs is 1. The zero-order valence-electron chi connectivity index (χ0n) is 14.6. The summed E-state index contributed by atoms with van der Waals surface area (Å²) in [4.78, 5) is 14.2. The van der Waals surface area contributed by atoms with Crippen molar-refractivity contribution in [2.24, 2.45) is 11.8 Å². The topological polar surface area (TPSA) is 59.0 Å². The Hall–Kier alpha value is -1.30. The van der Waals surface area contributed by atoms with E-state index in [1.54, 1.807) is 12.1 Å². The lowest BCUT2D eigenvalue weighted by Crippen LogP contribution is -2.42. The van der Waals surface area contributed by atoms with E-state index in [9.17, 15) is 9.90 Å². The zero-order valence-corrected chi connectivity index (χ0v) is 15.3. The molecule has 0 bridgehead atoms. The summed E-state index contributed by atoms with van der Waals surface area (Å²) in [5, 5.41) is 11.1. The Balaban J connectivity index is 1.56. The quantitative estimate of drug-likeness (QED) is 0.785. The van der Waals surface area contributed by atoms with E-state index >= 15 is 0 Å². The minimum Gasteiger partial charge on any atom is -0.488 e. The van der Waals surface area contributed by atoms with Crippen LogP contribution in [0.1, 0.15) is 26.2 Å². The van der Waals surface area contributed by atoms with Crippen LogP contribution in [0.2, 0.25) is 5.02 Å². The van der Waals surface area contributed by atoms with E-state index < -0.39 is 6.10 Å². The molecule has 2 aliphatic rings. The Labute approximate surface area is 153 Å². The van der Waals surface area contributed by atoms with E-state index in [0.29, 0.717) is 48.7 Å². The fraction of sp³-hybridized carbons (Fsp3) is 0.632. The Morgan fingerprint density at radius 2 is 2.08 bits per heavy atom. The number of aliphatic hydroxyl groups is 1. The van der Waals surface area contributed by atoms with Crippen molar-refractivity contribution in [2.75, 3.05) is 26.3 Å². The van der Waals surface area contributed by atoms with Crippen LogP contribution in [0.5, 0.6) is 5.75 Å². The summed E-state index contributed by atoms with van der Waals surface area (Å²) < 4.78 is 11.2. The molecule has 1 aromatic rings. The van der Waals surface area contributed by atoms with Gasteiger partial charge >= 0.3 is 0 Å². The molecule has 4 atom stereocenters. The van der Waals surface area contributed by atoms with Gasteiger partial charge in [0.15, 0.2) is 0 Å². The Bertz CT molecular complexity index is 597. The van der Waals surface area contributed by atoms with E-state index in [0.717, 1.165) is 19.5 Å². The average molecular weight is 368 g/mol. The van der Waals surface area contributed by atoms with Crippen LogP contribution in [-0.2, 0) is 9.53 Å². The SMILES string of the molecule is CCOCCC(=O)N1C[C@H]2C[C@@H](Oc3cccc(Cl)c3)[C@H](O)C[C@H]2C1. The fourth-order valence-corrected chi connectivity index (χ4v) is 4.08. The molecule has 25 heavy (non-hydrogen) atoms. The van der Waals surface area contributed by atoms with Crippen molar-refractivity contribution in [2.45, 2.75) is 38.4 Å². The van der Waals surface area contributed by atoms with Crippen LogP contribution in [0.4, 0.5) is 0 Å². The predicted molar refractivity (Wildman–Crippen MR) is 95.8 cm³/mol. The second-order valence-corrected chi connectivity index (χ2v) is 7.35. The van der Waals surface area contributed by atoms with Gasteiger partial charge in [-0.15, -0.1) is 0 Å². The summed E-state index contributed by atoms with van der Waals surface area (Å²) >= 11 is 6.00. The van der Waals surface area contributed by atoms with Gasteiger partial charge in [0.05, 0.1) is 19.1 Å². The molecule has 138 valence electrons. The maximum atomic E-state index is 12.3. The average Bonchev–Trinajstić information content (AvgIpc) is 2.98. The molecule has 0 spiro atoms. The lowest BCUT2D eigenvalue weighted by molar-refractivity contribution is -0.131. The standard InChI is InChI=1S/C19H26ClNO4/c1-2-24-7-6-19(23)21-11-13-8-17(22)18(9-14(13)12-21)25-16-5-3-4-15(20)10-16/h3-5,10,13-14,17-18,22H,2,6-9,11-12H2,1H3/t13-,14+,17+,18+/m0/s1. The molecule has 6 heteroatoms. The molecule has 3 rings (SSSR count). The van der Waals surface area contributed by atoms with Crippen LogP contribution >= 0.6 is 11.6 Å². The van der Waals surface area contributed by atoms with Crippen molar-refractivity contribution >= 4 is 17.5 Å². The summed E-state index contributed by atoms with van der Waals surface area (Å²) in [5.74, 6) is 1.55. The predicted octanol–water partition coefficient (Wildman–Crippen LogP) is 2.74. The van der Waals surface area contributed by atoms with Crippen LogP contribution in [0.15, 0.2) is 24.3 Å². The largest absolute Gasteiger partial charge is 0.488 e. The number of hydrogen-bond acceptors (Lipinski definition) is 4. The number of aliphatic hydroxyl groups excluding tert-OH is 1. The molecule has 1 aliphatic carbocycles. The number of hydrogen-bond donors (Lipinski definition) is 1. The number of ether oxygens (including phenoxy) is 2. The first kappa shape index (κ1) is 18.5. The van der Waals surface area contributed by atoms with Crippen LogP contribution in [-0.4, -0.2) is 54.4 Å². The highest BCUT2D eigenvalue weighted by Gasteiger charge is 2.43. The number of benzene rings is 1. The Kier molecular flexibility index (Phi) is 6.20. The van der Waals surface area contributed by atoms with Gasteiger partial charge in [-0.1, -0.05) is 17.7 Å². The number of halogens is 1. The van der Waals surface area contributed by atoms with Gasteiger partial charge in [0.25, 0.3) is 0 Å². The molecule has 0 unspecified atom stereocenters. The van der Waals surface area contributed by atoms with Crippen LogP contribution in [0.3, 0.4) is 0 Å². The van der Waals surface area contributed by atoms with Gasteiger partial charge in [0, 0.05) is 24.7 Å². The van der Waals surface area contributed by atoms with Crippen molar-refractivity contribution in [3.05, 3.63) is 29.3 Å². The third kappa shape index (κ3) is 4.66. The number of amides is 1. The van der Waals surface area contributed by atoms with Gasteiger partial charge < -0.3 is 19.5 Å². The molecule has 1 saturated heterocycles. The normalized spacial score (nSPS) is 28.7. The maximum absolute atomic E-state index is 12.3. The van der Waals surface area contributed by atoms with Crippen molar-refractivity contribution in [3.8, 4) is 5.75 Å². The molecule has 1 aliphatic heterocycles. The maximum Gasteiger partial charge on any atom is 0.224 e. The summed E-state index contributed by atoms with van der Waals surface area (Å²) in [7, 11) is 0. The molecular formula is C19H26ClNO4. The van der Waals surface area contributed by atoms with Crippen molar-refractivity contribution in [3.63, 3.8) is 0 Å². The number of carbonyl (C=O) groups excluding carboxylic acids is 1. The first-order chi connectivity index (χ1) is 12.1. The minimum absolute atomic E-state index is 0.143. The molecular weight excluding hydrogens is 342 g/mol. The Morgan fingerprint density at radius 1 is 1.32 bits per heavy atom. The van der Waals surface area contributed by atoms with Gasteiger partial charge in [-0.05, 0) is 49.8 Å². The molecule has 1 amide bonds. The lowest BCUT2D eigenvalue weighted by Gasteiger charge is -2.35. The highest BCUT2D eigenvalue weighted by atomic mass is 35.5. The van der Waals surface area contributed by atoms with Crippen LogP contribution in [0, 0.1) is 11.8 Å². The highest BCUT2D eigenvalue weighted by molar-refractivity contribution is 6.30. The third-order valence-electron chi connectivity index (χ3n) is 5.19. The minimum atomic E-state index is -0.515. The van der Waals surface area contributed by atoms with Crippen LogP contribution < -0.4 is 4.74 Å². The summed E-state index contributed by atoms with van der Waals surface area (Å²) in [6.45, 7) is 4.52. The first-order valence-electron chi connectivity index (χ1n) is 9.02. The van der Waals surface area contributed by atoms with Gasteiger partial charge in [0.2, 0.25) is 5.91 Å².